The predicted octanol–water partition coefficient (Wildman–Crippen LogP) is 4.80. The molecule has 0 unspecified atom stereocenters. The lowest BCUT2D eigenvalue weighted by molar-refractivity contribution is -0.384. The van der Waals surface area contributed by atoms with E-state index in [0.29, 0.717) is 38.9 Å². The molecule has 0 atom stereocenters. The molecule has 0 saturated heterocycles. The van der Waals surface area contributed by atoms with E-state index in [-0.39, 0.29) is 5.69 Å². The van der Waals surface area contributed by atoms with Crippen molar-refractivity contribution in [3.8, 4) is 28.8 Å². The number of non-ortho nitro benzene ring substituents is 1. The van der Waals surface area contributed by atoms with Crippen LogP contribution >= 0.6 is 11.3 Å². The standard InChI is InChI=1S/C20H15N3O4S/c1-26-17-6-7-19(27-2)14(10-17)8-15(11-21)20-22-18(12-28-20)13-4-3-5-16(9-13)23(24)25/h3-10,12H,1-2H3/b15-8+. The molecule has 8 heteroatoms. The predicted molar refractivity (Wildman–Crippen MR) is 107 cm³/mol. The van der Waals surface area contributed by atoms with Crippen molar-refractivity contribution < 1.29 is 14.4 Å². The number of thiazole rings is 1. The molecule has 7 nitrogen and oxygen atoms in total. The number of aromatic nitrogens is 1. The molecule has 1 heterocycles. The average molecular weight is 393 g/mol. The molecule has 3 rings (SSSR count). The third kappa shape index (κ3) is 4.00. The zero-order valence-corrected chi connectivity index (χ0v) is 15.9. The minimum atomic E-state index is -0.452. The summed E-state index contributed by atoms with van der Waals surface area (Å²) in [7, 11) is 3.11. The van der Waals surface area contributed by atoms with E-state index in [9.17, 15) is 15.4 Å². The van der Waals surface area contributed by atoms with E-state index in [1.807, 2.05) is 0 Å². The maximum absolute atomic E-state index is 11.0. The van der Waals surface area contributed by atoms with Crippen LogP contribution in [0.2, 0.25) is 0 Å². The van der Waals surface area contributed by atoms with Crippen LogP contribution in [0.25, 0.3) is 22.9 Å². The van der Waals surface area contributed by atoms with Gasteiger partial charge in [-0.3, -0.25) is 10.1 Å². The number of hydrogen-bond donors (Lipinski definition) is 0. The Hall–Kier alpha value is -3.70. The normalized spacial score (nSPS) is 11.0. The van der Waals surface area contributed by atoms with Crippen molar-refractivity contribution in [1.29, 1.82) is 5.26 Å². The molecule has 0 bridgehead atoms. The summed E-state index contributed by atoms with van der Waals surface area (Å²) in [5.74, 6) is 1.24. The Morgan fingerprint density at radius 2 is 2.07 bits per heavy atom. The quantitative estimate of drug-likeness (QED) is 0.339. The molecule has 0 N–H and O–H groups in total. The summed E-state index contributed by atoms with van der Waals surface area (Å²) in [6.45, 7) is 0. The maximum atomic E-state index is 11.0. The van der Waals surface area contributed by atoms with Gasteiger partial charge in [-0.05, 0) is 24.3 Å². The molecule has 0 amide bonds. The van der Waals surface area contributed by atoms with E-state index in [2.05, 4.69) is 11.1 Å². The van der Waals surface area contributed by atoms with Gasteiger partial charge in [-0.1, -0.05) is 12.1 Å². The summed E-state index contributed by atoms with van der Waals surface area (Å²) in [5.41, 5.74) is 2.22. The highest BCUT2D eigenvalue weighted by Gasteiger charge is 2.13. The molecule has 0 fully saturated rings. The monoisotopic (exact) mass is 393 g/mol. The van der Waals surface area contributed by atoms with Gasteiger partial charge in [-0.25, -0.2) is 4.98 Å². The van der Waals surface area contributed by atoms with E-state index in [1.165, 1.54) is 23.5 Å². The van der Waals surface area contributed by atoms with Crippen LogP contribution in [0, 0.1) is 21.4 Å². The number of nitriles is 1. The van der Waals surface area contributed by atoms with Gasteiger partial charge < -0.3 is 9.47 Å². The summed E-state index contributed by atoms with van der Waals surface area (Å²) in [5, 5.41) is 22.9. The molecule has 0 aliphatic rings. The Bertz CT molecular complexity index is 1100. The highest BCUT2D eigenvalue weighted by Crippen LogP contribution is 2.31. The first-order valence-corrected chi connectivity index (χ1v) is 8.98. The van der Waals surface area contributed by atoms with Crippen molar-refractivity contribution in [2.75, 3.05) is 14.2 Å². The highest BCUT2D eigenvalue weighted by molar-refractivity contribution is 7.11. The Morgan fingerprint density at radius 3 is 2.75 bits per heavy atom. The van der Waals surface area contributed by atoms with Crippen LogP contribution < -0.4 is 9.47 Å². The summed E-state index contributed by atoms with van der Waals surface area (Å²) in [6.07, 6.45) is 1.68. The van der Waals surface area contributed by atoms with Gasteiger partial charge in [0.1, 0.15) is 22.6 Å². The number of benzene rings is 2. The van der Waals surface area contributed by atoms with Crippen LogP contribution in [0.4, 0.5) is 5.69 Å². The van der Waals surface area contributed by atoms with E-state index in [1.54, 1.807) is 56.0 Å². The number of allylic oxidation sites excluding steroid dienone is 1. The second kappa shape index (κ2) is 8.33. The Balaban J connectivity index is 2.00. The minimum Gasteiger partial charge on any atom is -0.497 e. The first-order valence-electron chi connectivity index (χ1n) is 8.10. The first kappa shape index (κ1) is 19.1. The van der Waals surface area contributed by atoms with Crippen molar-refractivity contribution in [3.05, 3.63) is 68.5 Å². The molecule has 1 aromatic heterocycles. The molecule has 0 saturated carbocycles. The SMILES string of the molecule is COc1ccc(OC)c(/C=C(\C#N)c2nc(-c3cccc([N+](=O)[O-])c3)cs2)c1. The number of nitro benzene ring substituents is 1. The van der Waals surface area contributed by atoms with Gasteiger partial charge in [0.25, 0.3) is 5.69 Å². The van der Waals surface area contributed by atoms with Gasteiger partial charge in [0.2, 0.25) is 0 Å². The molecular formula is C20H15N3O4S. The highest BCUT2D eigenvalue weighted by atomic mass is 32.1. The Labute approximate surface area is 165 Å². The molecule has 140 valence electrons. The number of ether oxygens (including phenoxy) is 2. The van der Waals surface area contributed by atoms with Gasteiger partial charge in [0, 0.05) is 28.6 Å². The lowest BCUT2D eigenvalue weighted by Crippen LogP contribution is -1.91. The Kier molecular flexibility index (Phi) is 5.67. The van der Waals surface area contributed by atoms with Gasteiger partial charge in [0.15, 0.2) is 0 Å². The van der Waals surface area contributed by atoms with Gasteiger partial charge >= 0.3 is 0 Å². The van der Waals surface area contributed by atoms with Crippen LogP contribution in [0.15, 0.2) is 47.8 Å². The fourth-order valence-corrected chi connectivity index (χ4v) is 3.35. The number of hydrogen-bond acceptors (Lipinski definition) is 7. The minimum absolute atomic E-state index is 0.00999. The topological polar surface area (TPSA) is 98.3 Å². The summed E-state index contributed by atoms with van der Waals surface area (Å²) < 4.78 is 10.6. The molecule has 28 heavy (non-hydrogen) atoms. The van der Waals surface area contributed by atoms with Crippen LogP contribution in [0.3, 0.4) is 0 Å². The second-order valence-electron chi connectivity index (χ2n) is 5.62. The first-order chi connectivity index (χ1) is 13.5. The number of methoxy groups -OCH3 is 2. The number of nitrogens with zero attached hydrogens (tertiary/aromatic N) is 3. The van der Waals surface area contributed by atoms with E-state index < -0.39 is 4.92 Å². The van der Waals surface area contributed by atoms with Gasteiger partial charge in [-0.2, -0.15) is 5.26 Å². The maximum Gasteiger partial charge on any atom is 0.270 e. The molecule has 2 aromatic carbocycles. The molecule has 0 aliphatic heterocycles. The molecular weight excluding hydrogens is 378 g/mol. The van der Waals surface area contributed by atoms with Crippen molar-refractivity contribution in [3.63, 3.8) is 0 Å². The van der Waals surface area contributed by atoms with Crippen LogP contribution in [0.1, 0.15) is 10.6 Å². The van der Waals surface area contributed by atoms with E-state index in [0.717, 1.165) is 0 Å². The van der Waals surface area contributed by atoms with E-state index in [4.69, 9.17) is 9.47 Å². The van der Waals surface area contributed by atoms with Crippen LogP contribution in [0.5, 0.6) is 11.5 Å². The van der Waals surface area contributed by atoms with Crippen LogP contribution in [-0.4, -0.2) is 24.1 Å². The van der Waals surface area contributed by atoms with Crippen molar-refractivity contribution in [1.82, 2.24) is 4.98 Å². The molecule has 0 radical (unpaired) electrons. The lowest BCUT2D eigenvalue weighted by Gasteiger charge is -2.07. The Morgan fingerprint density at radius 1 is 1.25 bits per heavy atom. The molecule has 3 aromatic rings. The van der Waals surface area contributed by atoms with E-state index >= 15 is 0 Å². The number of rotatable bonds is 6. The summed E-state index contributed by atoms with van der Waals surface area (Å²) in [4.78, 5) is 15.0. The largest absolute Gasteiger partial charge is 0.497 e. The van der Waals surface area contributed by atoms with Gasteiger partial charge in [-0.15, -0.1) is 11.3 Å². The number of nitro groups is 1. The zero-order valence-electron chi connectivity index (χ0n) is 15.1. The zero-order chi connectivity index (χ0) is 20.1. The van der Waals surface area contributed by atoms with Crippen molar-refractivity contribution >= 4 is 28.7 Å². The third-order valence-corrected chi connectivity index (χ3v) is 4.82. The fourth-order valence-electron chi connectivity index (χ4n) is 2.56. The fraction of sp³-hybridized carbons (Fsp3) is 0.100. The van der Waals surface area contributed by atoms with Gasteiger partial charge in [0.05, 0.1) is 30.4 Å². The average Bonchev–Trinajstić information content (AvgIpc) is 3.22. The second-order valence-corrected chi connectivity index (χ2v) is 6.48. The van der Waals surface area contributed by atoms with Crippen LogP contribution in [-0.2, 0) is 0 Å². The molecule has 0 aliphatic carbocycles. The summed E-state index contributed by atoms with van der Waals surface area (Å²) >= 11 is 1.29. The molecule has 0 spiro atoms. The lowest BCUT2D eigenvalue weighted by atomic mass is 10.1. The smallest absolute Gasteiger partial charge is 0.270 e. The van der Waals surface area contributed by atoms with Crippen molar-refractivity contribution in [2.24, 2.45) is 0 Å². The third-order valence-electron chi connectivity index (χ3n) is 3.94. The van der Waals surface area contributed by atoms with Crippen molar-refractivity contribution in [2.45, 2.75) is 0 Å². The summed E-state index contributed by atoms with van der Waals surface area (Å²) in [6, 6.07) is 13.7.